The lowest BCUT2D eigenvalue weighted by atomic mass is 9.62. The Balaban J connectivity index is 2.41. The molecule has 1 aromatic carbocycles. The van der Waals surface area contributed by atoms with Crippen molar-refractivity contribution in [1.29, 1.82) is 0 Å². The Labute approximate surface area is 117 Å². The second-order valence-corrected chi connectivity index (χ2v) is 5.10. The lowest BCUT2D eigenvalue weighted by Crippen LogP contribution is -2.43. The first-order chi connectivity index (χ1) is 8.89. The van der Waals surface area contributed by atoms with E-state index in [0.717, 1.165) is 6.42 Å². The largest absolute Gasteiger partial charge is 0.573 e. The van der Waals surface area contributed by atoms with Gasteiger partial charge in [0.2, 0.25) is 0 Å². The quantitative estimate of drug-likeness (QED) is 0.777. The number of alkyl halides is 4. The van der Waals surface area contributed by atoms with Gasteiger partial charge < -0.3 is 4.74 Å². The zero-order valence-electron chi connectivity index (χ0n) is 9.97. The number of hydrogen-bond acceptors (Lipinski definition) is 2. The summed E-state index contributed by atoms with van der Waals surface area (Å²) >= 11 is 3.10. The maximum atomic E-state index is 12.4. The molecule has 104 valence electrons. The molecule has 0 aromatic heterocycles. The summed E-state index contributed by atoms with van der Waals surface area (Å²) in [4.78, 5) is 12.1. The summed E-state index contributed by atoms with van der Waals surface area (Å²) in [6.07, 6.45) is -2.79. The monoisotopic (exact) mass is 336 g/mol. The summed E-state index contributed by atoms with van der Waals surface area (Å²) in [5.74, 6) is -0.374. The van der Waals surface area contributed by atoms with Crippen molar-refractivity contribution in [1.82, 2.24) is 0 Å². The first kappa shape index (κ1) is 14.4. The molecule has 0 unspecified atom stereocenters. The maximum Gasteiger partial charge on any atom is 0.573 e. The van der Waals surface area contributed by atoms with Crippen molar-refractivity contribution in [2.75, 3.05) is 5.33 Å². The van der Waals surface area contributed by atoms with Gasteiger partial charge in [0.15, 0.2) is 5.78 Å². The molecule has 0 heterocycles. The smallest absolute Gasteiger partial charge is 0.405 e. The van der Waals surface area contributed by atoms with E-state index in [1.807, 2.05) is 0 Å². The molecule has 2 rings (SSSR count). The lowest BCUT2D eigenvalue weighted by Gasteiger charge is -2.41. The van der Waals surface area contributed by atoms with Gasteiger partial charge >= 0.3 is 6.36 Å². The zero-order chi connectivity index (χ0) is 14.1. The number of carbonyl (C=O) groups excluding carboxylic acids is 1. The third-order valence-electron chi connectivity index (χ3n) is 3.49. The summed E-state index contributed by atoms with van der Waals surface area (Å²) in [5.41, 5.74) is -0.492. The standard InChI is InChI=1S/C13H12BrF3O2/c14-8-11(18)12(6-3-7-12)9-4-1-2-5-10(9)19-13(15,16)17/h1-2,4-5H,3,6-8H2. The third-order valence-corrected chi connectivity index (χ3v) is 4.00. The van der Waals surface area contributed by atoms with Gasteiger partial charge in [-0.1, -0.05) is 40.5 Å². The molecule has 19 heavy (non-hydrogen) atoms. The summed E-state index contributed by atoms with van der Waals surface area (Å²) in [7, 11) is 0. The molecule has 0 N–H and O–H groups in total. The third kappa shape index (κ3) is 2.78. The van der Waals surface area contributed by atoms with Crippen LogP contribution in [-0.4, -0.2) is 17.5 Å². The molecule has 1 aliphatic rings. The first-order valence-electron chi connectivity index (χ1n) is 5.83. The van der Waals surface area contributed by atoms with Gasteiger partial charge in [-0.3, -0.25) is 4.79 Å². The van der Waals surface area contributed by atoms with Crippen molar-refractivity contribution in [2.24, 2.45) is 0 Å². The molecule has 0 radical (unpaired) electrons. The minimum atomic E-state index is -4.75. The van der Waals surface area contributed by atoms with Gasteiger partial charge in [0.25, 0.3) is 0 Å². The Morgan fingerprint density at radius 1 is 1.32 bits per heavy atom. The molecule has 6 heteroatoms. The predicted molar refractivity (Wildman–Crippen MR) is 67.5 cm³/mol. The van der Waals surface area contributed by atoms with Crippen LogP contribution in [0.2, 0.25) is 0 Å². The van der Waals surface area contributed by atoms with Crippen LogP contribution < -0.4 is 4.74 Å². The van der Waals surface area contributed by atoms with Crippen LogP contribution in [0.25, 0.3) is 0 Å². The molecule has 0 aliphatic heterocycles. The summed E-state index contributed by atoms with van der Waals surface area (Å²) in [5, 5.41) is 0.132. The normalized spacial score (nSPS) is 17.7. The van der Waals surface area contributed by atoms with Crippen molar-refractivity contribution in [3.8, 4) is 5.75 Å². The number of benzene rings is 1. The average Bonchev–Trinajstić information content (AvgIpc) is 2.27. The number of Topliss-reactive ketones (excluding diaryl/α,β-unsaturated/α-hetero) is 1. The fourth-order valence-electron chi connectivity index (χ4n) is 2.43. The Hall–Kier alpha value is -1.04. The molecular formula is C13H12BrF3O2. The van der Waals surface area contributed by atoms with Gasteiger partial charge in [-0.2, -0.15) is 0 Å². The van der Waals surface area contributed by atoms with Crippen molar-refractivity contribution < 1.29 is 22.7 Å². The molecule has 2 nitrogen and oxygen atoms in total. The molecule has 1 aromatic rings. The zero-order valence-corrected chi connectivity index (χ0v) is 11.6. The van der Waals surface area contributed by atoms with E-state index in [1.54, 1.807) is 12.1 Å². The Kier molecular flexibility index (Phi) is 3.90. The Bertz CT molecular complexity index is 481. The van der Waals surface area contributed by atoms with Gasteiger partial charge in [0.1, 0.15) is 5.75 Å². The van der Waals surface area contributed by atoms with Crippen LogP contribution in [-0.2, 0) is 10.2 Å². The SMILES string of the molecule is O=C(CBr)C1(c2ccccc2OC(F)(F)F)CCC1. The average molecular weight is 337 g/mol. The highest BCUT2D eigenvalue weighted by molar-refractivity contribution is 9.09. The predicted octanol–water partition coefficient (Wildman–Crippen LogP) is 3.97. The van der Waals surface area contributed by atoms with Crippen LogP contribution in [0.15, 0.2) is 24.3 Å². The Morgan fingerprint density at radius 2 is 1.95 bits per heavy atom. The number of ketones is 1. The van der Waals surface area contributed by atoms with Gasteiger partial charge in [0, 0.05) is 5.56 Å². The molecule has 0 atom stereocenters. The van der Waals surface area contributed by atoms with Gasteiger partial charge in [0.05, 0.1) is 10.7 Å². The number of para-hydroxylation sites is 1. The van der Waals surface area contributed by atoms with E-state index in [4.69, 9.17) is 0 Å². The second kappa shape index (κ2) is 5.15. The lowest BCUT2D eigenvalue weighted by molar-refractivity contribution is -0.275. The van der Waals surface area contributed by atoms with Crippen molar-refractivity contribution in [3.05, 3.63) is 29.8 Å². The van der Waals surface area contributed by atoms with E-state index in [0.29, 0.717) is 18.4 Å². The highest BCUT2D eigenvalue weighted by Crippen LogP contribution is 2.48. The van der Waals surface area contributed by atoms with E-state index >= 15 is 0 Å². The maximum absolute atomic E-state index is 12.4. The van der Waals surface area contributed by atoms with Crippen LogP contribution >= 0.6 is 15.9 Å². The van der Waals surface area contributed by atoms with Crippen molar-refractivity contribution in [3.63, 3.8) is 0 Å². The van der Waals surface area contributed by atoms with Gasteiger partial charge in [-0.05, 0) is 18.9 Å². The molecule has 1 aliphatic carbocycles. The van der Waals surface area contributed by atoms with Crippen LogP contribution in [0.5, 0.6) is 5.75 Å². The van der Waals surface area contributed by atoms with Crippen LogP contribution in [0.4, 0.5) is 13.2 Å². The Morgan fingerprint density at radius 3 is 2.42 bits per heavy atom. The van der Waals surface area contributed by atoms with Crippen LogP contribution in [0, 0.1) is 0 Å². The molecule has 0 amide bonds. The van der Waals surface area contributed by atoms with E-state index in [9.17, 15) is 18.0 Å². The molecular weight excluding hydrogens is 325 g/mol. The highest BCUT2D eigenvalue weighted by Gasteiger charge is 2.47. The van der Waals surface area contributed by atoms with E-state index in [1.165, 1.54) is 12.1 Å². The molecule has 0 saturated heterocycles. The number of halogens is 4. The van der Waals surface area contributed by atoms with Crippen molar-refractivity contribution in [2.45, 2.75) is 31.0 Å². The first-order valence-corrected chi connectivity index (χ1v) is 6.96. The molecule has 0 bridgehead atoms. The molecule has 0 spiro atoms. The van der Waals surface area contributed by atoms with Crippen LogP contribution in [0.3, 0.4) is 0 Å². The fourth-order valence-corrected chi connectivity index (χ4v) is 2.97. The highest BCUT2D eigenvalue weighted by atomic mass is 79.9. The molecule has 1 saturated carbocycles. The minimum Gasteiger partial charge on any atom is -0.405 e. The summed E-state index contributed by atoms with van der Waals surface area (Å²) in [6, 6.07) is 5.89. The van der Waals surface area contributed by atoms with E-state index < -0.39 is 11.8 Å². The van der Waals surface area contributed by atoms with E-state index in [-0.39, 0.29) is 16.9 Å². The summed E-state index contributed by atoms with van der Waals surface area (Å²) < 4.78 is 41.2. The number of rotatable bonds is 4. The fraction of sp³-hybridized carbons (Fsp3) is 0.462. The number of ether oxygens (including phenoxy) is 1. The molecule has 1 fully saturated rings. The summed E-state index contributed by atoms with van der Waals surface area (Å²) in [6.45, 7) is 0. The minimum absolute atomic E-state index is 0.100. The number of carbonyl (C=O) groups is 1. The van der Waals surface area contributed by atoms with E-state index in [2.05, 4.69) is 20.7 Å². The van der Waals surface area contributed by atoms with Gasteiger partial charge in [-0.25, -0.2) is 0 Å². The topological polar surface area (TPSA) is 26.3 Å². The van der Waals surface area contributed by atoms with Crippen LogP contribution in [0.1, 0.15) is 24.8 Å². The second-order valence-electron chi connectivity index (χ2n) is 4.54. The number of hydrogen-bond donors (Lipinski definition) is 0. The van der Waals surface area contributed by atoms with Gasteiger partial charge in [-0.15, -0.1) is 13.2 Å². The van der Waals surface area contributed by atoms with Crippen molar-refractivity contribution >= 4 is 21.7 Å².